The first-order valence-electron chi connectivity index (χ1n) is 13.1. The topological polar surface area (TPSA) is 93.1 Å². The molecular formula is C32H30Cl2N4O4. The third-order valence-electron chi connectivity index (χ3n) is 6.49. The molecule has 216 valence electrons. The molecule has 3 aromatic carbocycles. The Labute approximate surface area is 254 Å². The summed E-state index contributed by atoms with van der Waals surface area (Å²) in [5, 5.41) is 9.31. The number of hydrogen-bond acceptors (Lipinski definition) is 6. The highest BCUT2D eigenvalue weighted by Crippen LogP contribution is 2.30. The number of amides is 2. The van der Waals surface area contributed by atoms with Gasteiger partial charge in [-0.15, -0.1) is 0 Å². The van der Waals surface area contributed by atoms with Crippen LogP contribution >= 0.6 is 23.2 Å². The number of carbonyl (C=O) groups excluding carboxylic acids is 2. The lowest BCUT2D eigenvalue weighted by atomic mass is 9.97. The summed E-state index contributed by atoms with van der Waals surface area (Å²) in [6.45, 7) is 2.06. The van der Waals surface area contributed by atoms with Gasteiger partial charge >= 0.3 is 6.03 Å². The number of nitrogens with zero attached hydrogens (tertiary/aromatic N) is 3. The van der Waals surface area contributed by atoms with Crippen molar-refractivity contribution in [1.29, 1.82) is 0 Å². The Morgan fingerprint density at radius 1 is 0.976 bits per heavy atom. The number of hydrazone groups is 1. The van der Waals surface area contributed by atoms with Crippen LogP contribution in [0, 0.1) is 6.92 Å². The van der Waals surface area contributed by atoms with Gasteiger partial charge in [-0.3, -0.25) is 4.79 Å². The molecule has 2 amide bonds. The number of rotatable bonds is 11. The molecule has 8 nitrogen and oxygen atoms in total. The van der Waals surface area contributed by atoms with E-state index in [1.807, 2.05) is 55.5 Å². The van der Waals surface area contributed by atoms with E-state index in [1.54, 1.807) is 36.5 Å². The Kier molecular flexibility index (Phi) is 10.8. The van der Waals surface area contributed by atoms with Gasteiger partial charge in [0, 0.05) is 36.6 Å². The van der Waals surface area contributed by atoms with Crippen molar-refractivity contribution in [3.05, 3.63) is 129 Å². The number of ketones is 1. The van der Waals surface area contributed by atoms with E-state index >= 15 is 0 Å². The zero-order valence-corrected chi connectivity index (χ0v) is 24.9. The molecule has 0 aliphatic carbocycles. The standard InChI is InChI=1S/C32H30Cl2N4O4/c1-21-15-26(38(32(40)36-20-30(41-2)42-3)37-18-23-7-5-4-6-8-23)17-28(33)27(21)16-22-9-11-24(12-10-22)31(39)25-13-14-29(34)35-19-25/h4-15,17-19,30H,16,20H2,1-3H3,(H,36,40). The van der Waals surface area contributed by atoms with E-state index in [4.69, 9.17) is 32.7 Å². The first-order chi connectivity index (χ1) is 20.3. The highest BCUT2D eigenvalue weighted by Gasteiger charge is 2.19. The van der Waals surface area contributed by atoms with Crippen LogP contribution in [0.5, 0.6) is 0 Å². The average Bonchev–Trinajstić information content (AvgIpc) is 3.00. The lowest BCUT2D eigenvalue weighted by Gasteiger charge is -2.22. The van der Waals surface area contributed by atoms with Crippen molar-refractivity contribution < 1.29 is 19.1 Å². The van der Waals surface area contributed by atoms with E-state index < -0.39 is 12.3 Å². The molecular weight excluding hydrogens is 575 g/mol. The highest BCUT2D eigenvalue weighted by atomic mass is 35.5. The van der Waals surface area contributed by atoms with Gasteiger partial charge in [0.1, 0.15) is 5.15 Å². The fourth-order valence-electron chi connectivity index (χ4n) is 4.17. The molecule has 10 heteroatoms. The van der Waals surface area contributed by atoms with Crippen molar-refractivity contribution >= 4 is 46.9 Å². The number of hydrogen-bond donors (Lipinski definition) is 1. The van der Waals surface area contributed by atoms with Crippen molar-refractivity contribution in [2.75, 3.05) is 25.8 Å². The zero-order chi connectivity index (χ0) is 30.1. The number of methoxy groups -OCH3 is 2. The lowest BCUT2D eigenvalue weighted by molar-refractivity contribution is -0.0970. The van der Waals surface area contributed by atoms with E-state index in [-0.39, 0.29) is 12.3 Å². The van der Waals surface area contributed by atoms with Gasteiger partial charge in [-0.25, -0.2) is 9.78 Å². The molecule has 1 heterocycles. The second-order valence-electron chi connectivity index (χ2n) is 9.35. The number of anilines is 1. The number of carbonyl (C=O) groups is 2. The third kappa shape index (κ3) is 8.02. The predicted molar refractivity (Wildman–Crippen MR) is 166 cm³/mol. The van der Waals surface area contributed by atoms with Gasteiger partial charge in [0.05, 0.1) is 18.4 Å². The predicted octanol–water partition coefficient (Wildman–Crippen LogP) is 6.69. The van der Waals surface area contributed by atoms with Gasteiger partial charge in [-0.2, -0.15) is 10.1 Å². The summed E-state index contributed by atoms with van der Waals surface area (Å²) in [5.41, 5.74) is 5.08. The fourth-order valence-corrected chi connectivity index (χ4v) is 4.60. The number of urea groups is 1. The molecule has 0 bridgehead atoms. The molecule has 0 spiro atoms. The van der Waals surface area contributed by atoms with Crippen molar-refractivity contribution in [1.82, 2.24) is 10.3 Å². The van der Waals surface area contributed by atoms with Crippen molar-refractivity contribution in [3.63, 3.8) is 0 Å². The van der Waals surface area contributed by atoms with Gasteiger partial charge in [-0.1, -0.05) is 77.8 Å². The van der Waals surface area contributed by atoms with Crippen molar-refractivity contribution in [2.24, 2.45) is 5.10 Å². The molecule has 0 radical (unpaired) electrons. The summed E-state index contributed by atoms with van der Waals surface area (Å²) in [6.07, 6.45) is 2.99. The van der Waals surface area contributed by atoms with Crippen molar-refractivity contribution in [3.8, 4) is 0 Å². The van der Waals surface area contributed by atoms with Gasteiger partial charge in [-0.05, 0) is 59.9 Å². The normalized spacial score (nSPS) is 11.2. The Bertz CT molecular complexity index is 1520. The summed E-state index contributed by atoms with van der Waals surface area (Å²) in [7, 11) is 2.99. The summed E-state index contributed by atoms with van der Waals surface area (Å²) < 4.78 is 10.4. The smallest absolute Gasteiger partial charge is 0.342 e. The van der Waals surface area contributed by atoms with Crippen LogP contribution in [0.25, 0.3) is 0 Å². The Morgan fingerprint density at radius 3 is 2.29 bits per heavy atom. The zero-order valence-electron chi connectivity index (χ0n) is 23.4. The van der Waals surface area contributed by atoms with E-state index in [9.17, 15) is 9.59 Å². The average molecular weight is 606 g/mol. The molecule has 0 aliphatic rings. The molecule has 0 atom stereocenters. The molecule has 0 saturated carbocycles. The quantitative estimate of drug-likeness (QED) is 0.0677. The van der Waals surface area contributed by atoms with Crippen LogP contribution in [-0.4, -0.2) is 50.1 Å². The Morgan fingerprint density at radius 2 is 1.67 bits per heavy atom. The van der Waals surface area contributed by atoms with Crippen LogP contribution in [0.2, 0.25) is 10.2 Å². The van der Waals surface area contributed by atoms with E-state index in [2.05, 4.69) is 15.4 Å². The lowest BCUT2D eigenvalue weighted by Crippen LogP contribution is -2.41. The number of aryl methyl sites for hydroxylation is 1. The molecule has 0 saturated heterocycles. The molecule has 0 unspecified atom stereocenters. The Balaban J connectivity index is 1.55. The highest BCUT2D eigenvalue weighted by molar-refractivity contribution is 6.32. The molecule has 4 aromatic rings. The summed E-state index contributed by atoms with van der Waals surface area (Å²) >= 11 is 12.6. The maximum absolute atomic E-state index is 13.2. The molecule has 42 heavy (non-hydrogen) atoms. The molecule has 4 rings (SSSR count). The number of aromatic nitrogens is 1. The largest absolute Gasteiger partial charge is 0.354 e. The number of halogens is 2. The Hall–Kier alpha value is -4.08. The van der Waals surface area contributed by atoms with Crippen LogP contribution < -0.4 is 10.3 Å². The third-order valence-corrected chi connectivity index (χ3v) is 7.06. The molecule has 1 aromatic heterocycles. The minimum Gasteiger partial charge on any atom is -0.354 e. The van der Waals surface area contributed by atoms with E-state index in [0.717, 1.165) is 22.3 Å². The monoisotopic (exact) mass is 604 g/mol. The first kappa shape index (κ1) is 30.9. The minimum atomic E-state index is -0.605. The number of pyridine rings is 1. The molecule has 0 fully saturated rings. The number of nitrogens with one attached hydrogen (secondary N) is 1. The van der Waals surface area contributed by atoms with Crippen LogP contribution in [0.15, 0.2) is 90.2 Å². The van der Waals surface area contributed by atoms with Crippen LogP contribution in [0.3, 0.4) is 0 Å². The minimum absolute atomic E-state index is 0.126. The second-order valence-corrected chi connectivity index (χ2v) is 10.1. The van der Waals surface area contributed by atoms with Crippen LogP contribution in [0.4, 0.5) is 10.5 Å². The first-order valence-corrected chi connectivity index (χ1v) is 13.8. The summed E-state index contributed by atoms with van der Waals surface area (Å²) in [4.78, 5) is 30.0. The van der Waals surface area contributed by atoms with Gasteiger partial charge < -0.3 is 14.8 Å². The van der Waals surface area contributed by atoms with Gasteiger partial charge in [0.15, 0.2) is 12.1 Å². The van der Waals surface area contributed by atoms with E-state index in [0.29, 0.717) is 33.4 Å². The second kappa shape index (κ2) is 14.7. The SMILES string of the molecule is COC(CNC(=O)N(N=Cc1ccccc1)c1cc(C)c(Cc2ccc(C(=O)c3ccc(Cl)nc3)cc2)c(Cl)c1)OC. The van der Waals surface area contributed by atoms with Crippen LogP contribution in [-0.2, 0) is 15.9 Å². The maximum atomic E-state index is 13.2. The number of benzene rings is 3. The van der Waals surface area contributed by atoms with Crippen molar-refractivity contribution in [2.45, 2.75) is 19.6 Å². The summed E-state index contributed by atoms with van der Waals surface area (Å²) in [6, 6.07) is 23.1. The number of ether oxygens (including phenoxy) is 2. The van der Waals surface area contributed by atoms with Gasteiger partial charge in [0.25, 0.3) is 0 Å². The summed E-state index contributed by atoms with van der Waals surface area (Å²) in [5.74, 6) is -0.138. The maximum Gasteiger partial charge on any atom is 0.342 e. The molecule has 1 N–H and O–H groups in total. The van der Waals surface area contributed by atoms with Gasteiger partial charge in [0.2, 0.25) is 0 Å². The fraction of sp³-hybridized carbons (Fsp3) is 0.188. The molecule has 0 aliphatic heterocycles. The van der Waals surface area contributed by atoms with E-state index in [1.165, 1.54) is 25.4 Å². The van der Waals surface area contributed by atoms with Crippen LogP contribution in [0.1, 0.15) is 38.2 Å².